The van der Waals surface area contributed by atoms with E-state index < -0.39 is 17.5 Å². The van der Waals surface area contributed by atoms with Crippen molar-refractivity contribution in [3.05, 3.63) is 34.9 Å². The van der Waals surface area contributed by atoms with Gasteiger partial charge in [-0.15, -0.1) is 0 Å². The number of amides is 6. The number of benzene rings is 1. The predicted molar refractivity (Wildman–Crippen MR) is 129 cm³/mol. The van der Waals surface area contributed by atoms with E-state index in [0.717, 1.165) is 11.1 Å². The number of piperidine rings is 2. The third-order valence-electron chi connectivity index (χ3n) is 6.58. The molecule has 0 spiro atoms. The molecule has 3 N–H and O–H groups in total. The van der Waals surface area contributed by atoms with E-state index in [0.29, 0.717) is 57.4 Å². The first-order valence-electron chi connectivity index (χ1n) is 12.3. The first kappa shape index (κ1) is 25.6. The van der Waals surface area contributed by atoms with Crippen LogP contribution in [0.5, 0.6) is 0 Å². The van der Waals surface area contributed by atoms with E-state index in [1.807, 2.05) is 31.7 Å². The molecule has 0 radical (unpaired) electrons. The molecule has 194 valence electrons. The Balaban J connectivity index is 1.25. The van der Waals surface area contributed by atoms with E-state index in [2.05, 4.69) is 16.0 Å². The van der Waals surface area contributed by atoms with Crippen molar-refractivity contribution >= 4 is 29.8 Å². The lowest BCUT2D eigenvalue weighted by molar-refractivity contribution is -0.137. The van der Waals surface area contributed by atoms with Crippen molar-refractivity contribution in [1.29, 1.82) is 0 Å². The van der Waals surface area contributed by atoms with Crippen molar-refractivity contribution in [3.63, 3.8) is 0 Å². The standard InChI is InChI=1S/C25H33N5O6/c1-25(2,3)36-24(35)29-10-8-18(9-11-29)26-23(34)28-21(32)15-4-5-16-13-30(14-17(16)12-15)19-6-7-20(31)27-22(19)33/h4-5,12,18-19H,6-11,13-14H2,1-3H3,(H,27,31,33)(H2,26,28,32,34). The van der Waals surface area contributed by atoms with Crippen molar-refractivity contribution in [1.82, 2.24) is 25.8 Å². The Morgan fingerprint density at radius 3 is 2.39 bits per heavy atom. The third-order valence-corrected chi connectivity index (χ3v) is 6.58. The molecule has 0 aliphatic carbocycles. The van der Waals surface area contributed by atoms with Crippen LogP contribution in [0.3, 0.4) is 0 Å². The van der Waals surface area contributed by atoms with Gasteiger partial charge in [0.15, 0.2) is 0 Å². The number of urea groups is 1. The van der Waals surface area contributed by atoms with Crippen molar-refractivity contribution in [2.75, 3.05) is 13.1 Å². The van der Waals surface area contributed by atoms with Crippen LogP contribution >= 0.6 is 0 Å². The summed E-state index contributed by atoms with van der Waals surface area (Å²) >= 11 is 0. The van der Waals surface area contributed by atoms with Crippen LogP contribution in [0.15, 0.2) is 18.2 Å². The van der Waals surface area contributed by atoms with Gasteiger partial charge in [0, 0.05) is 44.2 Å². The van der Waals surface area contributed by atoms with Crippen LogP contribution in [0.2, 0.25) is 0 Å². The molecule has 3 aliphatic rings. The lowest BCUT2D eigenvalue weighted by Crippen LogP contribution is -2.50. The fourth-order valence-electron chi connectivity index (χ4n) is 4.74. The molecule has 1 aromatic rings. The number of hydrogen-bond acceptors (Lipinski definition) is 7. The van der Waals surface area contributed by atoms with Crippen LogP contribution < -0.4 is 16.0 Å². The average Bonchev–Trinajstić information content (AvgIpc) is 3.21. The van der Waals surface area contributed by atoms with Gasteiger partial charge in [0.2, 0.25) is 11.8 Å². The van der Waals surface area contributed by atoms with Crippen LogP contribution in [0, 0.1) is 0 Å². The summed E-state index contributed by atoms with van der Waals surface area (Å²) in [6.07, 6.45) is 1.55. The Hall–Kier alpha value is -3.47. The minimum atomic E-state index is -0.582. The summed E-state index contributed by atoms with van der Waals surface area (Å²) in [4.78, 5) is 64.5. The lowest BCUT2D eigenvalue weighted by Gasteiger charge is -2.33. The van der Waals surface area contributed by atoms with Gasteiger partial charge < -0.3 is 15.0 Å². The van der Waals surface area contributed by atoms with E-state index in [1.165, 1.54) is 0 Å². The number of carbonyl (C=O) groups is 5. The Morgan fingerprint density at radius 2 is 1.72 bits per heavy atom. The molecule has 1 aromatic carbocycles. The minimum absolute atomic E-state index is 0.154. The maximum atomic E-state index is 12.7. The van der Waals surface area contributed by atoms with Gasteiger partial charge in [-0.25, -0.2) is 9.59 Å². The molecule has 11 heteroatoms. The zero-order chi connectivity index (χ0) is 26.0. The number of rotatable bonds is 3. The largest absolute Gasteiger partial charge is 0.444 e. The van der Waals surface area contributed by atoms with E-state index in [1.54, 1.807) is 17.0 Å². The Bertz CT molecular complexity index is 1070. The fourth-order valence-corrected chi connectivity index (χ4v) is 4.74. The average molecular weight is 500 g/mol. The molecule has 0 bridgehead atoms. The Kier molecular flexibility index (Phi) is 7.30. The second kappa shape index (κ2) is 10.3. The van der Waals surface area contributed by atoms with Crippen molar-refractivity contribution in [3.8, 4) is 0 Å². The van der Waals surface area contributed by atoms with E-state index >= 15 is 0 Å². The highest BCUT2D eigenvalue weighted by molar-refractivity contribution is 6.04. The predicted octanol–water partition coefficient (Wildman–Crippen LogP) is 1.65. The summed E-state index contributed by atoms with van der Waals surface area (Å²) < 4.78 is 5.38. The second-order valence-electron chi connectivity index (χ2n) is 10.5. The molecule has 36 heavy (non-hydrogen) atoms. The summed E-state index contributed by atoms with van der Waals surface area (Å²) in [5, 5.41) is 7.57. The second-order valence-corrected chi connectivity index (χ2v) is 10.5. The molecule has 0 saturated carbocycles. The lowest BCUT2D eigenvalue weighted by atomic mass is 10.0. The molecule has 1 unspecified atom stereocenters. The summed E-state index contributed by atoms with van der Waals surface area (Å²) in [7, 11) is 0. The zero-order valence-corrected chi connectivity index (χ0v) is 20.9. The van der Waals surface area contributed by atoms with Crippen molar-refractivity contribution in [2.24, 2.45) is 0 Å². The number of ether oxygens (including phenoxy) is 1. The zero-order valence-electron chi connectivity index (χ0n) is 20.9. The number of hydrogen-bond donors (Lipinski definition) is 3. The van der Waals surface area contributed by atoms with Crippen molar-refractivity contribution < 1.29 is 28.7 Å². The number of nitrogens with zero attached hydrogens (tertiary/aromatic N) is 2. The van der Waals surface area contributed by atoms with Gasteiger partial charge in [-0.3, -0.25) is 29.9 Å². The van der Waals surface area contributed by atoms with Gasteiger partial charge >= 0.3 is 12.1 Å². The van der Waals surface area contributed by atoms with Crippen LogP contribution in [0.25, 0.3) is 0 Å². The normalized spacial score (nSPS) is 21.0. The topological polar surface area (TPSA) is 137 Å². The highest BCUT2D eigenvalue weighted by atomic mass is 16.6. The van der Waals surface area contributed by atoms with E-state index in [9.17, 15) is 24.0 Å². The minimum Gasteiger partial charge on any atom is -0.444 e. The highest BCUT2D eigenvalue weighted by Gasteiger charge is 2.35. The number of likely N-dealkylation sites (tertiary alicyclic amines) is 1. The summed E-state index contributed by atoms with van der Waals surface area (Å²) in [5.74, 6) is -1.05. The molecule has 0 aromatic heterocycles. The van der Waals surface area contributed by atoms with Gasteiger partial charge in [0.05, 0.1) is 6.04 Å². The Labute approximate surface area is 209 Å². The van der Waals surface area contributed by atoms with Crippen molar-refractivity contribution in [2.45, 2.75) is 77.2 Å². The maximum absolute atomic E-state index is 12.7. The smallest absolute Gasteiger partial charge is 0.410 e. The van der Waals surface area contributed by atoms with Crippen LogP contribution in [0.4, 0.5) is 9.59 Å². The first-order chi connectivity index (χ1) is 17.0. The van der Waals surface area contributed by atoms with E-state index in [-0.39, 0.29) is 30.0 Å². The molecule has 11 nitrogen and oxygen atoms in total. The summed E-state index contributed by atoms with van der Waals surface area (Å²) in [6.45, 7) is 7.42. The van der Waals surface area contributed by atoms with Crippen LogP contribution in [-0.4, -0.2) is 70.4 Å². The number of carbonyl (C=O) groups excluding carboxylic acids is 5. The third kappa shape index (κ3) is 6.20. The fraction of sp³-hybridized carbons (Fsp3) is 0.560. The monoisotopic (exact) mass is 499 g/mol. The molecule has 2 fully saturated rings. The van der Waals surface area contributed by atoms with Gasteiger partial charge in [-0.05, 0) is 63.3 Å². The molecular weight excluding hydrogens is 466 g/mol. The SMILES string of the molecule is CC(C)(C)OC(=O)N1CCC(NC(=O)NC(=O)c2ccc3c(c2)CN(C2CCC(=O)NC2=O)C3)CC1. The maximum Gasteiger partial charge on any atom is 0.410 e. The van der Waals surface area contributed by atoms with E-state index in [4.69, 9.17) is 4.74 Å². The van der Waals surface area contributed by atoms with Crippen LogP contribution in [-0.2, 0) is 27.4 Å². The quantitative estimate of drug-likeness (QED) is 0.538. The molecular formula is C25H33N5O6. The molecule has 3 heterocycles. The number of imide groups is 2. The van der Waals surface area contributed by atoms with Gasteiger partial charge in [-0.2, -0.15) is 0 Å². The Morgan fingerprint density at radius 1 is 1.03 bits per heavy atom. The first-order valence-corrected chi connectivity index (χ1v) is 12.3. The van der Waals surface area contributed by atoms with Gasteiger partial charge in [0.1, 0.15) is 5.60 Å². The molecule has 6 amide bonds. The molecule has 1 atom stereocenters. The number of fused-ring (bicyclic) bond motifs is 1. The van der Waals surface area contributed by atoms with Crippen LogP contribution in [0.1, 0.15) is 67.9 Å². The highest BCUT2D eigenvalue weighted by Crippen LogP contribution is 2.28. The summed E-state index contributed by atoms with van der Waals surface area (Å²) in [5.41, 5.74) is 1.72. The molecule has 2 saturated heterocycles. The summed E-state index contributed by atoms with van der Waals surface area (Å²) in [6, 6.07) is 4.12. The molecule has 3 aliphatic heterocycles. The van der Waals surface area contributed by atoms with Gasteiger partial charge in [-0.1, -0.05) is 6.07 Å². The molecule has 4 rings (SSSR count). The van der Waals surface area contributed by atoms with Gasteiger partial charge in [0.25, 0.3) is 5.91 Å². The number of nitrogens with one attached hydrogen (secondary N) is 3.